The molecule has 0 aliphatic heterocycles. The normalized spacial score (nSPS) is 13.5. The number of aromatic amines is 1. The Balaban J connectivity index is -0.000000195. The van der Waals surface area contributed by atoms with Crippen molar-refractivity contribution in [3.63, 3.8) is 0 Å². The average Bonchev–Trinajstić information content (AvgIpc) is 3.07. The van der Waals surface area contributed by atoms with Crippen LogP contribution in [0.5, 0.6) is 0 Å². The van der Waals surface area contributed by atoms with Crippen LogP contribution >= 0.6 is 0 Å². The summed E-state index contributed by atoms with van der Waals surface area (Å²) in [6, 6.07) is 4.38. The van der Waals surface area contributed by atoms with Crippen molar-refractivity contribution in [2.45, 2.75) is 107 Å². The van der Waals surface area contributed by atoms with Crippen LogP contribution in [0.4, 0.5) is 4.39 Å². The number of benzene rings is 1. The molecule has 0 unspecified atom stereocenters. The predicted molar refractivity (Wildman–Crippen MR) is 214 cm³/mol. The van der Waals surface area contributed by atoms with Crippen LogP contribution in [0, 0.1) is 47.4 Å². The molecule has 1 aliphatic rings. The standard InChI is InChI=1S/C16H17N.C7H14N.C6H5FN2O4.C5H6O4.C3H8.CH4.2CH3.Pt/c1-5-6-8-14-11(2)12(3)15-9-7-10-17-16(15)13(14)4;1-6-4-2-3-5-7(6)8;7-3-1-9(2-4(10)11)6(13)8-5(3)12;6-3-4(7)1-2-5(8)9;1-3-2;;;;/h5-10H,1H2,2-4H3;6-8H,2-5H2,1H3;1H,2H2,(H,10,11)(H,8,12,13);7H,1-2H2,(H,8,9);3H2,1-2H3;1H4;2*1H3;/q;-1;;;;;2*-1;/b8-6-;;;;;;;;/t;6-,7-;;;;;;;/m.0......./s1. The third-order valence-corrected chi connectivity index (χ3v) is 7.41. The largest absolute Gasteiger partial charge is 0.674 e. The van der Waals surface area contributed by atoms with Crippen molar-refractivity contribution in [2.24, 2.45) is 5.92 Å². The molecule has 1 aromatic carbocycles. The van der Waals surface area contributed by atoms with E-state index in [0.717, 1.165) is 11.9 Å². The van der Waals surface area contributed by atoms with Gasteiger partial charge in [0.25, 0.3) is 5.56 Å². The summed E-state index contributed by atoms with van der Waals surface area (Å²) >= 11 is 0. The molecule has 0 amide bonds. The first-order chi connectivity index (χ1) is 23.5. The molecule has 0 bridgehead atoms. The van der Waals surface area contributed by atoms with Crippen LogP contribution in [-0.4, -0.2) is 53.8 Å². The zero-order valence-electron chi connectivity index (χ0n) is 32.0. The molecule has 0 saturated heterocycles. The van der Waals surface area contributed by atoms with Crippen LogP contribution < -0.4 is 11.2 Å². The Bertz CT molecular complexity index is 1760. The number of aliphatic hydroxyl groups excluding tert-OH is 1. The van der Waals surface area contributed by atoms with Crippen LogP contribution in [0.1, 0.15) is 95.4 Å². The fourth-order valence-corrected chi connectivity index (χ4v) is 4.57. The zero-order valence-corrected chi connectivity index (χ0v) is 34.3. The molecule has 2 heterocycles. The third-order valence-electron chi connectivity index (χ3n) is 7.41. The molecule has 1 saturated carbocycles. The van der Waals surface area contributed by atoms with E-state index in [0.29, 0.717) is 16.7 Å². The molecule has 1 fully saturated rings. The second kappa shape index (κ2) is 32.0. The molecular weight excluding hydrogens is 879 g/mol. The van der Waals surface area contributed by atoms with Gasteiger partial charge in [0, 0.05) is 39.1 Å². The number of rotatable bonds is 7. The van der Waals surface area contributed by atoms with Crippen LogP contribution in [0.3, 0.4) is 0 Å². The number of hydrogen-bond acceptors (Lipinski definition) is 7. The number of allylic oxidation sites excluding steroid dienone is 3. The summed E-state index contributed by atoms with van der Waals surface area (Å²) in [7, 11) is 0. The molecule has 4 rings (SSSR count). The molecule has 14 heteroatoms. The maximum Gasteiger partial charge on any atom is 0.329 e. The Kier molecular flexibility index (Phi) is 34.9. The van der Waals surface area contributed by atoms with Gasteiger partial charge >= 0.3 is 17.6 Å². The second-order valence-electron chi connectivity index (χ2n) is 11.6. The van der Waals surface area contributed by atoms with Gasteiger partial charge in [-0.3, -0.25) is 28.9 Å². The van der Waals surface area contributed by atoms with Crippen molar-refractivity contribution in [2.75, 3.05) is 0 Å². The summed E-state index contributed by atoms with van der Waals surface area (Å²) in [6.45, 7) is 15.9. The Morgan fingerprint density at radius 2 is 1.63 bits per heavy atom. The monoisotopic (exact) mass is 938 g/mol. The van der Waals surface area contributed by atoms with Gasteiger partial charge in [0.15, 0.2) is 11.7 Å². The van der Waals surface area contributed by atoms with Crippen LogP contribution in [0.25, 0.3) is 22.7 Å². The van der Waals surface area contributed by atoms with E-state index in [1.165, 1.54) is 59.3 Å². The van der Waals surface area contributed by atoms with Gasteiger partial charge in [-0.2, -0.15) is 4.39 Å². The number of carbonyl (C=O) groups is 2. The van der Waals surface area contributed by atoms with Crippen LogP contribution in [0.2, 0.25) is 0 Å². The number of aryl methyl sites for hydroxylation is 2. The molecule has 308 valence electrons. The molecule has 0 spiro atoms. The Labute approximate surface area is 334 Å². The van der Waals surface area contributed by atoms with E-state index in [1.807, 2.05) is 18.3 Å². The number of carboxylic acid groups (broad SMARTS) is 2. The Morgan fingerprint density at radius 3 is 2.09 bits per heavy atom. The Morgan fingerprint density at radius 1 is 1.06 bits per heavy atom. The summed E-state index contributed by atoms with van der Waals surface area (Å²) in [4.78, 5) is 56.8. The summed E-state index contributed by atoms with van der Waals surface area (Å²) in [5, 5.41) is 25.9. The van der Waals surface area contributed by atoms with Gasteiger partial charge in [-0.25, -0.2) is 9.59 Å². The van der Waals surface area contributed by atoms with Crippen molar-refractivity contribution >= 4 is 34.9 Å². The quantitative estimate of drug-likeness (QED) is 0.0773. The zero-order chi connectivity index (χ0) is 38.4. The van der Waals surface area contributed by atoms with Gasteiger partial charge in [-0.15, -0.1) is 6.04 Å². The summed E-state index contributed by atoms with van der Waals surface area (Å²) in [5.74, 6) is -2.23. The van der Waals surface area contributed by atoms with E-state index in [1.54, 1.807) is 11.1 Å². The smallest absolute Gasteiger partial charge is 0.329 e. The number of carboxylic acids is 2. The number of nitrogens with zero attached hydrogens (tertiary/aromatic N) is 2. The fourth-order valence-electron chi connectivity index (χ4n) is 4.57. The van der Waals surface area contributed by atoms with Crippen molar-refractivity contribution in [1.82, 2.24) is 14.5 Å². The molecule has 5 N–H and O–H groups in total. The number of halogens is 1. The van der Waals surface area contributed by atoms with Crippen molar-refractivity contribution in [1.29, 1.82) is 0 Å². The topological polar surface area (TPSA) is 203 Å². The van der Waals surface area contributed by atoms with E-state index >= 15 is 0 Å². The SMILES string of the molecule is C.C=C/C=C\c1c(C)c(C)c2cccnc2c1C.CCC.C[C@H]1CCCC[C@@H]1[NH-].O=C(O)Cn1cc(F)c(=O)[nH]c1=O.O=C=C(O)CCC(=O)O.[CH3-].[CH3-].[Pt]. The first-order valence-electron chi connectivity index (χ1n) is 16.3. The van der Waals surface area contributed by atoms with Gasteiger partial charge < -0.3 is 35.9 Å². The van der Waals surface area contributed by atoms with E-state index in [9.17, 15) is 28.4 Å². The predicted octanol–water partition coefficient (Wildman–Crippen LogP) is 8.81. The molecule has 0 radical (unpaired) electrons. The maximum absolute atomic E-state index is 12.5. The Hall–Kier alpha value is -4.44. The van der Waals surface area contributed by atoms with E-state index in [2.05, 4.69) is 65.2 Å². The van der Waals surface area contributed by atoms with Gasteiger partial charge in [0.1, 0.15) is 6.54 Å². The summed E-state index contributed by atoms with van der Waals surface area (Å²) in [5.41, 5.74) is 11.6. The molecular formula is C40H60FN4O8Pt-3. The minimum absolute atomic E-state index is 0. The van der Waals surface area contributed by atoms with Crippen molar-refractivity contribution in [3.05, 3.63) is 119 Å². The number of fused-ring (bicyclic) bond motifs is 1. The number of aliphatic carboxylic acids is 2. The van der Waals surface area contributed by atoms with Gasteiger partial charge in [-0.05, 0) is 49.1 Å². The van der Waals surface area contributed by atoms with Crippen LogP contribution in [-0.2, 0) is 42.0 Å². The minimum atomic E-state index is -1.30. The second-order valence-corrected chi connectivity index (χ2v) is 11.6. The maximum atomic E-state index is 12.5. The minimum Gasteiger partial charge on any atom is -0.674 e. The summed E-state index contributed by atoms with van der Waals surface area (Å²) < 4.78 is 13.1. The van der Waals surface area contributed by atoms with Gasteiger partial charge in [0.05, 0.1) is 18.1 Å². The van der Waals surface area contributed by atoms with E-state index in [-0.39, 0.29) is 62.2 Å². The first kappa shape index (κ1) is 58.9. The van der Waals surface area contributed by atoms with Crippen molar-refractivity contribution in [3.8, 4) is 0 Å². The number of carbonyl (C=O) groups excluding carboxylic acids is 1. The average molecular weight is 939 g/mol. The molecule has 2 aromatic heterocycles. The fraction of sp³-hybridized carbons (Fsp3) is 0.425. The number of hydrogen-bond donors (Lipinski definition) is 4. The summed E-state index contributed by atoms with van der Waals surface area (Å²) in [6.07, 6.45) is 14.2. The number of H-pyrrole nitrogens is 1. The third kappa shape index (κ3) is 21.9. The van der Waals surface area contributed by atoms with Crippen LogP contribution in [0.15, 0.2) is 58.6 Å². The number of pyridine rings is 1. The van der Waals surface area contributed by atoms with Crippen molar-refractivity contribution < 1.29 is 55.2 Å². The molecule has 12 nitrogen and oxygen atoms in total. The first-order valence-corrected chi connectivity index (χ1v) is 16.3. The number of aromatic nitrogens is 3. The van der Waals surface area contributed by atoms with Gasteiger partial charge in [-0.1, -0.05) is 97.1 Å². The molecule has 2 atom stereocenters. The van der Waals surface area contributed by atoms with Gasteiger partial charge in [0.2, 0.25) is 5.82 Å². The van der Waals surface area contributed by atoms with E-state index < -0.39 is 41.3 Å². The molecule has 1 aliphatic carbocycles. The number of nitrogens with one attached hydrogen (secondary N) is 2. The molecule has 3 aromatic rings. The molecule has 54 heavy (non-hydrogen) atoms. The number of aliphatic hydroxyl groups is 1. The van der Waals surface area contributed by atoms with E-state index in [4.69, 9.17) is 21.1 Å².